The molecule has 3 aromatic rings. The summed E-state index contributed by atoms with van der Waals surface area (Å²) in [7, 11) is 1.38. The lowest BCUT2D eigenvalue weighted by atomic mass is 10.1. The van der Waals surface area contributed by atoms with Gasteiger partial charge in [-0.25, -0.2) is 0 Å². The molecule has 3 rings (SSSR count). The molecule has 0 aliphatic rings. The molecule has 25 heavy (non-hydrogen) atoms. The summed E-state index contributed by atoms with van der Waals surface area (Å²) >= 11 is 1.32. The highest BCUT2D eigenvalue weighted by molar-refractivity contribution is 7.99. The summed E-state index contributed by atoms with van der Waals surface area (Å²) in [6.07, 6.45) is 0.667. The lowest BCUT2D eigenvalue weighted by Crippen LogP contribution is -2.07. The van der Waals surface area contributed by atoms with Gasteiger partial charge in [-0.3, -0.25) is 9.36 Å². The molecule has 0 fully saturated rings. The largest absolute Gasteiger partial charge is 0.468 e. The average Bonchev–Trinajstić information content (AvgIpc) is 3.03. The average molecular weight is 353 g/mol. The quantitative estimate of drug-likeness (QED) is 0.502. The monoisotopic (exact) mass is 353 g/mol. The van der Waals surface area contributed by atoms with Gasteiger partial charge >= 0.3 is 5.97 Å². The Labute approximate surface area is 151 Å². The Kier molecular flexibility index (Phi) is 5.50. The van der Waals surface area contributed by atoms with Crippen molar-refractivity contribution in [2.24, 2.45) is 0 Å². The normalized spacial score (nSPS) is 10.6. The number of benzene rings is 2. The van der Waals surface area contributed by atoms with Gasteiger partial charge in [-0.05, 0) is 24.6 Å². The number of hydrogen-bond donors (Lipinski definition) is 0. The van der Waals surface area contributed by atoms with E-state index in [0.29, 0.717) is 11.6 Å². The van der Waals surface area contributed by atoms with E-state index in [1.54, 1.807) is 0 Å². The van der Waals surface area contributed by atoms with E-state index in [1.165, 1.54) is 24.4 Å². The fourth-order valence-corrected chi connectivity index (χ4v) is 3.23. The van der Waals surface area contributed by atoms with E-state index in [1.807, 2.05) is 41.8 Å². The number of carbonyl (C=O) groups excluding carboxylic acids is 1. The maximum Gasteiger partial charge on any atom is 0.316 e. The Balaban J connectivity index is 1.95. The van der Waals surface area contributed by atoms with Crippen LogP contribution in [0.4, 0.5) is 0 Å². The number of carbonyl (C=O) groups is 1. The van der Waals surface area contributed by atoms with Crippen LogP contribution in [0.3, 0.4) is 0 Å². The zero-order chi connectivity index (χ0) is 17.6. The SMILES string of the molecule is COC(=O)CSc1nnc(Cc2ccccc2)n1-c1ccc(C)cc1. The van der Waals surface area contributed by atoms with E-state index in [4.69, 9.17) is 4.74 Å². The van der Waals surface area contributed by atoms with Crippen molar-refractivity contribution in [1.82, 2.24) is 14.8 Å². The highest BCUT2D eigenvalue weighted by Gasteiger charge is 2.16. The number of aromatic nitrogens is 3. The third-order valence-corrected chi connectivity index (χ3v) is 4.65. The Morgan fingerprint density at radius 1 is 1.08 bits per heavy atom. The number of thioether (sulfide) groups is 1. The molecule has 0 saturated carbocycles. The van der Waals surface area contributed by atoms with Crippen molar-refractivity contribution >= 4 is 17.7 Å². The Morgan fingerprint density at radius 3 is 2.48 bits per heavy atom. The van der Waals surface area contributed by atoms with Crippen molar-refractivity contribution in [3.8, 4) is 5.69 Å². The van der Waals surface area contributed by atoms with Gasteiger partial charge in [-0.2, -0.15) is 0 Å². The lowest BCUT2D eigenvalue weighted by Gasteiger charge is -2.10. The molecular formula is C19H19N3O2S. The van der Waals surface area contributed by atoms with E-state index in [9.17, 15) is 4.79 Å². The summed E-state index contributed by atoms with van der Waals surface area (Å²) in [4.78, 5) is 11.5. The van der Waals surface area contributed by atoms with Gasteiger partial charge in [0.25, 0.3) is 0 Å². The summed E-state index contributed by atoms with van der Waals surface area (Å²) in [6.45, 7) is 2.05. The molecule has 0 aliphatic heterocycles. The Morgan fingerprint density at radius 2 is 1.80 bits per heavy atom. The third-order valence-electron chi connectivity index (χ3n) is 3.74. The molecular weight excluding hydrogens is 334 g/mol. The third kappa shape index (κ3) is 4.28. The summed E-state index contributed by atoms with van der Waals surface area (Å²) in [5, 5.41) is 9.32. The number of ether oxygens (including phenoxy) is 1. The molecule has 0 amide bonds. The smallest absolute Gasteiger partial charge is 0.316 e. The summed E-state index contributed by atoms with van der Waals surface area (Å²) < 4.78 is 6.72. The summed E-state index contributed by atoms with van der Waals surface area (Å²) in [6, 6.07) is 18.3. The predicted octanol–water partition coefficient (Wildman–Crippen LogP) is 3.43. The number of esters is 1. The first-order valence-corrected chi connectivity index (χ1v) is 8.91. The van der Waals surface area contributed by atoms with Gasteiger partial charge in [-0.1, -0.05) is 59.8 Å². The number of aryl methyl sites for hydroxylation is 1. The van der Waals surface area contributed by atoms with Gasteiger partial charge in [0, 0.05) is 12.1 Å². The Bertz CT molecular complexity index is 845. The van der Waals surface area contributed by atoms with Gasteiger partial charge in [0.2, 0.25) is 0 Å². The second kappa shape index (κ2) is 7.98. The summed E-state index contributed by atoms with van der Waals surface area (Å²) in [5.41, 5.74) is 3.33. The molecule has 0 radical (unpaired) electrons. The molecule has 0 unspecified atom stereocenters. The number of hydrogen-bond acceptors (Lipinski definition) is 5. The van der Waals surface area contributed by atoms with Crippen LogP contribution in [0.2, 0.25) is 0 Å². The minimum atomic E-state index is -0.284. The van der Waals surface area contributed by atoms with Gasteiger partial charge in [0.15, 0.2) is 5.16 Å². The van der Waals surface area contributed by atoms with E-state index in [2.05, 4.69) is 34.5 Å². The van der Waals surface area contributed by atoms with Crippen LogP contribution in [0, 0.1) is 6.92 Å². The van der Waals surface area contributed by atoms with Crippen molar-refractivity contribution in [3.05, 3.63) is 71.5 Å². The van der Waals surface area contributed by atoms with E-state index in [-0.39, 0.29) is 11.7 Å². The number of nitrogens with zero attached hydrogens (tertiary/aromatic N) is 3. The summed E-state index contributed by atoms with van der Waals surface area (Å²) in [5.74, 6) is 0.752. The maximum absolute atomic E-state index is 11.5. The molecule has 0 aliphatic carbocycles. The lowest BCUT2D eigenvalue weighted by molar-refractivity contribution is -0.137. The fourth-order valence-electron chi connectivity index (χ4n) is 2.42. The Hall–Kier alpha value is -2.60. The zero-order valence-corrected chi connectivity index (χ0v) is 15.0. The van der Waals surface area contributed by atoms with Crippen molar-refractivity contribution in [2.75, 3.05) is 12.9 Å². The molecule has 0 atom stereocenters. The minimum absolute atomic E-state index is 0.200. The van der Waals surface area contributed by atoms with Crippen molar-refractivity contribution in [2.45, 2.75) is 18.5 Å². The highest BCUT2D eigenvalue weighted by atomic mass is 32.2. The van der Waals surface area contributed by atoms with Crippen LogP contribution in [0.25, 0.3) is 5.69 Å². The van der Waals surface area contributed by atoms with Gasteiger partial charge in [-0.15, -0.1) is 10.2 Å². The van der Waals surface area contributed by atoms with Crippen LogP contribution >= 0.6 is 11.8 Å². The molecule has 1 heterocycles. The molecule has 128 valence electrons. The molecule has 6 heteroatoms. The van der Waals surface area contributed by atoms with E-state index in [0.717, 1.165) is 17.1 Å². The predicted molar refractivity (Wildman–Crippen MR) is 98.1 cm³/mol. The standard InChI is InChI=1S/C19H19N3O2S/c1-14-8-10-16(11-9-14)22-17(12-15-6-4-3-5-7-15)20-21-19(22)25-13-18(23)24-2/h3-11H,12-13H2,1-2H3. The van der Waals surface area contributed by atoms with Gasteiger partial charge < -0.3 is 4.74 Å². The first kappa shape index (κ1) is 17.2. The maximum atomic E-state index is 11.5. The van der Waals surface area contributed by atoms with Crippen molar-refractivity contribution < 1.29 is 9.53 Å². The molecule has 2 aromatic carbocycles. The second-order valence-corrected chi connectivity index (χ2v) is 6.54. The van der Waals surface area contributed by atoms with Crippen LogP contribution < -0.4 is 0 Å². The number of methoxy groups -OCH3 is 1. The fraction of sp³-hybridized carbons (Fsp3) is 0.211. The van der Waals surface area contributed by atoms with E-state index >= 15 is 0 Å². The van der Waals surface area contributed by atoms with Crippen LogP contribution in [0.15, 0.2) is 59.8 Å². The van der Waals surface area contributed by atoms with Gasteiger partial charge in [0.05, 0.1) is 12.9 Å². The van der Waals surface area contributed by atoms with E-state index < -0.39 is 0 Å². The first-order valence-electron chi connectivity index (χ1n) is 7.92. The van der Waals surface area contributed by atoms with Crippen LogP contribution in [0.1, 0.15) is 17.0 Å². The van der Waals surface area contributed by atoms with Crippen LogP contribution in [-0.4, -0.2) is 33.6 Å². The van der Waals surface area contributed by atoms with Gasteiger partial charge in [0.1, 0.15) is 5.82 Å². The minimum Gasteiger partial charge on any atom is -0.468 e. The van der Waals surface area contributed by atoms with Crippen LogP contribution in [0.5, 0.6) is 0 Å². The zero-order valence-electron chi connectivity index (χ0n) is 14.2. The molecule has 0 N–H and O–H groups in total. The first-order chi connectivity index (χ1) is 12.2. The molecule has 1 aromatic heterocycles. The topological polar surface area (TPSA) is 57.0 Å². The van der Waals surface area contributed by atoms with Crippen LogP contribution in [-0.2, 0) is 16.0 Å². The van der Waals surface area contributed by atoms with Crippen molar-refractivity contribution in [3.63, 3.8) is 0 Å². The van der Waals surface area contributed by atoms with Crippen molar-refractivity contribution in [1.29, 1.82) is 0 Å². The molecule has 5 nitrogen and oxygen atoms in total. The molecule has 0 saturated heterocycles. The highest BCUT2D eigenvalue weighted by Crippen LogP contribution is 2.24. The molecule has 0 spiro atoms. The second-order valence-electron chi connectivity index (χ2n) is 5.60. The molecule has 0 bridgehead atoms. The number of rotatable bonds is 6.